The van der Waals surface area contributed by atoms with Gasteiger partial charge in [0.15, 0.2) is 0 Å². The van der Waals surface area contributed by atoms with Crippen molar-refractivity contribution < 1.29 is 14.3 Å². The summed E-state index contributed by atoms with van der Waals surface area (Å²) in [5, 5.41) is 0. The van der Waals surface area contributed by atoms with Gasteiger partial charge in [0, 0.05) is 11.1 Å². The summed E-state index contributed by atoms with van der Waals surface area (Å²) in [6.45, 7) is 2.38. The molecule has 2 aromatic carbocycles. The molecule has 1 heterocycles. The van der Waals surface area contributed by atoms with Crippen molar-refractivity contribution in [1.29, 1.82) is 0 Å². The summed E-state index contributed by atoms with van der Waals surface area (Å²) < 4.78 is 10.3. The second-order valence-corrected chi connectivity index (χ2v) is 6.81. The van der Waals surface area contributed by atoms with Crippen LogP contribution in [-0.2, 0) is 17.8 Å². The van der Waals surface area contributed by atoms with E-state index in [2.05, 4.69) is 19.1 Å². The number of nitrogens with zero attached hydrogens (tertiary/aromatic N) is 1. The molecule has 0 aromatic heterocycles. The average Bonchev–Trinajstić information content (AvgIpc) is 2.70. The van der Waals surface area contributed by atoms with Gasteiger partial charge in [-0.1, -0.05) is 44.0 Å². The largest absolute Gasteiger partial charge is 0.497 e. The van der Waals surface area contributed by atoms with Gasteiger partial charge in [0.2, 0.25) is 0 Å². The summed E-state index contributed by atoms with van der Waals surface area (Å²) in [7, 11) is 1.70. The first kappa shape index (κ1) is 19.0. The molecule has 0 saturated heterocycles. The lowest BCUT2D eigenvalue weighted by atomic mass is 9.88. The molecule has 1 aliphatic heterocycles. The molecule has 3 rings (SSSR count). The fourth-order valence-corrected chi connectivity index (χ4v) is 3.40. The monoisotopic (exact) mass is 366 g/mol. The van der Waals surface area contributed by atoms with Crippen molar-refractivity contribution in [1.82, 2.24) is 0 Å². The summed E-state index contributed by atoms with van der Waals surface area (Å²) in [5.74, 6) is 0.878. The number of primary amides is 1. The minimum atomic E-state index is -0.766. The van der Waals surface area contributed by atoms with Crippen LogP contribution in [0.1, 0.15) is 48.4 Å². The van der Waals surface area contributed by atoms with Crippen LogP contribution < -0.4 is 10.5 Å². The zero-order valence-electron chi connectivity index (χ0n) is 15.9. The topological polar surface area (TPSA) is 73.9 Å². The third kappa shape index (κ3) is 4.67. The van der Waals surface area contributed by atoms with Crippen molar-refractivity contribution in [3.05, 3.63) is 64.7 Å². The third-order valence-electron chi connectivity index (χ3n) is 4.83. The minimum Gasteiger partial charge on any atom is -0.497 e. The van der Waals surface area contributed by atoms with E-state index in [9.17, 15) is 4.79 Å². The maximum absolute atomic E-state index is 10.8. The van der Waals surface area contributed by atoms with E-state index in [1.807, 2.05) is 30.3 Å². The Bertz CT molecular complexity index is 828. The average molecular weight is 366 g/mol. The molecule has 1 unspecified atom stereocenters. The number of carbonyl (C=O) groups excluding carboxylic acids is 1. The highest BCUT2D eigenvalue weighted by Gasteiger charge is 2.22. The number of methoxy groups -OCH3 is 1. The number of amides is 1. The zero-order valence-corrected chi connectivity index (χ0v) is 15.9. The first-order chi connectivity index (χ1) is 13.1. The van der Waals surface area contributed by atoms with Gasteiger partial charge in [0.25, 0.3) is 0 Å². The number of aliphatic imine (C=N–C) groups is 1. The van der Waals surface area contributed by atoms with E-state index in [1.54, 1.807) is 7.11 Å². The summed E-state index contributed by atoms with van der Waals surface area (Å²) >= 11 is 0. The quantitative estimate of drug-likeness (QED) is 0.796. The molecule has 2 N–H and O–H groups in total. The maximum Gasteiger partial charge on any atom is 0.404 e. The van der Waals surface area contributed by atoms with Gasteiger partial charge >= 0.3 is 6.09 Å². The van der Waals surface area contributed by atoms with Crippen LogP contribution in [0.4, 0.5) is 4.79 Å². The molecule has 0 bridgehead atoms. The second kappa shape index (κ2) is 8.71. The molecular weight excluding hydrogens is 340 g/mol. The molecule has 0 aliphatic carbocycles. The van der Waals surface area contributed by atoms with E-state index >= 15 is 0 Å². The number of hydrogen-bond acceptors (Lipinski definition) is 4. The van der Waals surface area contributed by atoms with E-state index in [0.29, 0.717) is 0 Å². The third-order valence-corrected chi connectivity index (χ3v) is 4.83. The number of carbonyl (C=O) groups is 1. The number of unbranched alkanes of at least 4 members (excludes halogenated alkanes) is 1. The molecule has 0 saturated carbocycles. The number of hydrogen-bond donors (Lipinski definition) is 1. The first-order valence-corrected chi connectivity index (χ1v) is 9.37. The molecule has 1 amide bonds. The Morgan fingerprint density at radius 2 is 2.00 bits per heavy atom. The predicted octanol–water partition coefficient (Wildman–Crippen LogP) is 4.24. The van der Waals surface area contributed by atoms with Gasteiger partial charge in [-0.2, -0.15) is 0 Å². The standard InChI is InChI=1S/C22H26N2O3/c1-3-4-5-18-12-17-13-19(26-2)10-11-20(17)21(24-18)16-8-6-15(7-9-16)14-27-22(23)25/h6-11,13,18H,3-5,12,14H2,1-2H3,(H2,23,25). The highest BCUT2D eigenvalue weighted by Crippen LogP contribution is 2.29. The fraction of sp³-hybridized carbons (Fsp3) is 0.364. The number of ether oxygens (including phenoxy) is 2. The minimum absolute atomic E-state index is 0.176. The number of nitrogens with two attached hydrogens (primary N) is 1. The summed E-state index contributed by atoms with van der Waals surface area (Å²) in [4.78, 5) is 15.8. The molecule has 1 atom stereocenters. The number of benzene rings is 2. The highest BCUT2D eigenvalue weighted by molar-refractivity contribution is 6.14. The van der Waals surface area contributed by atoms with E-state index in [0.717, 1.165) is 41.0 Å². The van der Waals surface area contributed by atoms with Crippen molar-refractivity contribution in [3.63, 3.8) is 0 Å². The van der Waals surface area contributed by atoms with Gasteiger partial charge in [-0.3, -0.25) is 4.99 Å². The molecular formula is C22H26N2O3. The van der Waals surface area contributed by atoms with Crippen LogP contribution in [0.2, 0.25) is 0 Å². The lowest BCUT2D eigenvalue weighted by molar-refractivity contribution is 0.150. The van der Waals surface area contributed by atoms with Gasteiger partial charge in [-0.15, -0.1) is 0 Å². The summed E-state index contributed by atoms with van der Waals surface area (Å²) in [6, 6.07) is 14.4. The SMILES string of the molecule is CCCCC1Cc2cc(OC)ccc2C(c2ccc(COC(N)=O)cc2)=N1. The van der Waals surface area contributed by atoms with Crippen LogP contribution in [0.15, 0.2) is 47.5 Å². The van der Waals surface area contributed by atoms with E-state index in [-0.39, 0.29) is 12.6 Å². The Hall–Kier alpha value is -2.82. The number of rotatable bonds is 7. The molecule has 0 fully saturated rings. The van der Waals surface area contributed by atoms with Crippen molar-refractivity contribution >= 4 is 11.8 Å². The normalized spacial score (nSPS) is 15.6. The lowest BCUT2D eigenvalue weighted by Gasteiger charge is -2.24. The van der Waals surface area contributed by atoms with Crippen molar-refractivity contribution in [3.8, 4) is 5.75 Å². The van der Waals surface area contributed by atoms with E-state index < -0.39 is 6.09 Å². The Kier molecular flexibility index (Phi) is 6.12. The van der Waals surface area contributed by atoms with E-state index in [1.165, 1.54) is 18.4 Å². The second-order valence-electron chi connectivity index (χ2n) is 6.81. The lowest BCUT2D eigenvalue weighted by Crippen LogP contribution is -2.22. The maximum atomic E-state index is 10.8. The van der Waals surface area contributed by atoms with Crippen molar-refractivity contribution in [2.45, 2.75) is 45.3 Å². The zero-order chi connectivity index (χ0) is 19.2. The molecule has 142 valence electrons. The molecule has 5 nitrogen and oxygen atoms in total. The van der Waals surface area contributed by atoms with Crippen LogP contribution in [0.5, 0.6) is 5.75 Å². The van der Waals surface area contributed by atoms with Crippen LogP contribution in [-0.4, -0.2) is 25.0 Å². The predicted molar refractivity (Wildman–Crippen MR) is 106 cm³/mol. The van der Waals surface area contributed by atoms with E-state index in [4.69, 9.17) is 20.2 Å². The highest BCUT2D eigenvalue weighted by atomic mass is 16.5. The Morgan fingerprint density at radius 1 is 1.22 bits per heavy atom. The summed E-state index contributed by atoms with van der Waals surface area (Å²) in [6.07, 6.45) is 3.60. The first-order valence-electron chi connectivity index (χ1n) is 9.37. The molecule has 5 heteroatoms. The fourth-order valence-electron chi connectivity index (χ4n) is 3.40. The van der Waals surface area contributed by atoms with Crippen LogP contribution in [0.3, 0.4) is 0 Å². The van der Waals surface area contributed by atoms with Gasteiger partial charge in [-0.25, -0.2) is 4.79 Å². The molecule has 0 spiro atoms. The Balaban J connectivity index is 1.90. The van der Waals surface area contributed by atoms with Gasteiger partial charge in [-0.05, 0) is 42.2 Å². The van der Waals surface area contributed by atoms with Gasteiger partial charge in [0.05, 0.1) is 18.9 Å². The van der Waals surface area contributed by atoms with Gasteiger partial charge in [0.1, 0.15) is 12.4 Å². The van der Waals surface area contributed by atoms with Gasteiger partial charge < -0.3 is 15.2 Å². The molecule has 27 heavy (non-hydrogen) atoms. The molecule has 0 radical (unpaired) electrons. The molecule has 1 aliphatic rings. The van der Waals surface area contributed by atoms with Crippen LogP contribution in [0, 0.1) is 0 Å². The van der Waals surface area contributed by atoms with Crippen LogP contribution in [0.25, 0.3) is 0 Å². The smallest absolute Gasteiger partial charge is 0.404 e. The van der Waals surface area contributed by atoms with Crippen molar-refractivity contribution in [2.24, 2.45) is 10.7 Å². The van der Waals surface area contributed by atoms with Crippen molar-refractivity contribution in [2.75, 3.05) is 7.11 Å². The summed E-state index contributed by atoms with van der Waals surface area (Å²) in [5.41, 5.74) is 10.4. The van der Waals surface area contributed by atoms with Crippen LogP contribution >= 0.6 is 0 Å². The Labute approximate surface area is 160 Å². The number of fused-ring (bicyclic) bond motifs is 1. The Morgan fingerprint density at radius 3 is 2.67 bits per heavy atom. The molecule has 2 aromatic rings.